The molecule has 0 aliphatic rings. The molecule has 0 aliphatic carbocycles. The molecule has 17 heavy (non-hydrogen) atoms. The first-order valence-corrected chi connectivity index (χ1v) is 6.78. The standard InChI is InChI=1S/C16H29N/c1-9-14(11(3)4)16(13(7)8)17-15(10-2)12(5)6/h10-13H,2,9H2,1,3-8H3/b16-14+,17-15?. The number of nitrogens with zero attached hydrogens (tertiary/aromatic N) is 1. The van der Waals surface area contributed by atoms with Crippen molar-refractivity contribution in [3.8, 4) is 0 Å². The van der Waals surface area contributed by atoms with Gasteiger partial charge in [-0.3, -0.25) is 4.99 Å². The molecule has 0 aromatic rings. The Morgan fingerprint density at radius 2 is 1.53 bits per heavy atom. The maximum absolute atomic E-state index is 4.86. The van der Waals surface area contributed by atoms with Crippen molar-refractivity contribution < 1.29 is 0 Å². The molecule has 0 atom stereocenters. The summed E-state index contributed by atoms with van der Waals surface area (Å²) in [4.78, 5) is 4.86. The van der Waals surface area contributed by atoms with Crippen LogP contribution in [0, 0.1) is 17.8 Å². The summed E-state index contributed by atoms with van der Waals surface area (Å²) in [6, 6.07) is 0. The molecule has 0 N–H and O–H groups in total. The molecule has 0 saturated carbocycles. The van der Waals surface area contributed by atoms with E-state index in [2.05, 4.69) is 55.0 Å². The minimum Gasteiger partial charge on any atom is -0.257 e. The van der Waals surface area contributed by atoms with Gasteiger partial charge in [-0.25, -0.2) is 0 Å². The summed E-state index contributed by atoms with van der Waals surface area (Å²) in [6.45, 7) is 19.4. The van der Waals surface area contributed by atoms with Crippen LogP contribution < -0.4 is 0 Å². The molecule has 0 radical (unpaired) electrons. The average Bonchev–Trinajstić information content (AvgIpc) is 2.22. The SMILES string of the molecule is C=CC(=N/C(=C(\CC)C(C)C)C(C)C)C(C)C. The Hall–Kier alpha value is -0.850. The molecular formula is C16H29N. The average molecular weight is 235 g/mol. The monoisotopic (exact) mass is 235 g/mol. The fourth-order valence-electron chi connectivity index (χ4n) is 2.01. The summed E-state index contributed by atoms with van der Waals surface area (Å²) >= 11 is 0. The molecule has 1 nitrogen and oxygen atoms in total. The van der Waals surface area contributed by atoms with Crippen LogP contribution in [0.4, 0.5) is 0 Å². The molecule has 0 heterocycles. The summed E-state index contributed by atoms with van der Waals surface area (Å²) in [6.07, 6.45) is 2.97. The third-order valence-electron chi connectivity index (χ3n) is 3.00. The Balaban J connectivity index is 5.59. The van der Waals surface area contributed by atoms with E-state index in [1.807, 2.05) is 6.08 Å². The Morgan fingerprint density at radius 3 is 1.76 bits per heavy atom. The predicted molar refractivity (Wildman–Crippen MR) is 79.5 cm³/mol. The lowest BCUT2D eigenvalue weighted by Crippen LogP contribution is -2.09. The van der Waals surface area contributed by atoms with E-state index < -0.39 is 0 Å². The summed E-state index contributed by atoms with van der Waals surface area (Å²) < 4.78 is 0. The van der Waals surface area contributed by atoms with Crippen molar-refractivity contribution in [2.75, 3.05) is 0 Å². The van der Waals surface area contributed by atoms with Crippen molar-refractivity contribution in [2.24, 2.45) is 22.7 Å². The zero-order valence-corrected chi connectivity index (χ0v) is 12.7. The highest BCUT2D eigenvalue weighted by atomic mass is 14.8. The molecule has 98 valence electrons. The Kier molecular flexibility index (Phi) is 7.10. The normalized spacial score (nSPS) is 14.6. The second-order valence-electron chi connectivity index (χ2n) is 5.47. The van der Waals surface area contributed by atoms with Crippen molar-refractivity contribution in [2.45, 2.75) is 54.9 Å². The van der Waals surface area contributed by atoms with Gasteiger partial charge in [0.2, 0.25) is 0 Å². The van der Waals surface area contributed by atoms with Gasteiger partial charge in [-0.15, -0.1) is 0 Å². The largest absolute Gasteiger partial charge is 0.257 e. The minimum absolute atomic E-state index is 0.437. The van der Waals surface area contributed by atoms with E-state index in [1.165, 1.54) is 11.3 Å². The van der Waals surface area contributed by atoms with Crippen molar-refractivity contribution >= 4 is 5.71 Å². The van der Waals surface area contributed by atoms with Gasteiger partial charge in [0.1, 0.15) is 0 Å². The van der Waals surface area contributed by atoms with Gasteiger partial charge in [-0.05, 0) is 35.8 Å². The van der Waals surface area contributed by atoms with Gasteiger partial charge in [0.25, 0.3) is 0 Å². The van der Waals surface area contributed by atoms with Gasteiger partial charge < -0.3 is 0 Å². The Labute approximate surface area is 108 Å². The van der Waals surface area contributed by atoms with Crippen molar-refractivity contribution in [1.82, 2.24) is 0 Å². The van der Waals surface area contributed by atoms with E-state index >= 15 is 0 Å². The van der Waals surface area contributed by atoms with E-state index in [0.717, 1.165) is 12.1 Å². The van der Waals surface area contributed by atoms with E-state index in [1.54, 1.807) is 0 Å². The summed E-state index contributed by atoms with van der Waals surface area (Å²) in [7, 11) is 0. The number of aliphatic imine (C=N–C) groups is 1. The highest BCUT2D eigenvalue weighted by Gasteiger charge is 2.13. The van der Waals surface area contributed by atoms with Crippen LogP contribution in [-0.2, 0) is 0 Å². The molecule has 0 aliphatic heterocycles. The summed E-state index contributed by atoms with van der Waals surface area (Å²) in [5.41, 5.74) is 3.83. The van der Waals surface area contributed by atoms with Crippen LogP contribution in [0.15, 0.2) is 28.9 Å². The van der Waals surface area contributed by atoms with Crippen LogP contribution in [0.25, 0.3) is 0 Å². The third-order valence-corrected chi connectivity index (χ3v) is 3.00. The van der Waals surface area contributed by atoms with Gasteiger partial charge in [-0.2, -0.15) is 0 Å². The zero-order chi connectivity index (χ0) is 13.6. The van der Waals surface area contributed by atoms with Gasteiger partial charge in [-0.1, -0.05) is 55.0 Å². The van der Waals surface area contributed by atoms with Crippen LogP contribution >= 0.6 is 0 Å². The lowest BCUT2D eigenvalue weighted by Gasteiger charge is -2.18. The van der Waals surface area contributed by atoms with Gasteiger partial charge in [0.05, 0.1) is 0 Å². The van der Waals surface area contributed by atoms with Gasteiger partial charge >= 0.3 is 0 Å². The third kappa shape index (κ3) is 4.89. The molecule has 0 amide bonds. The van der Waals surface area contributed by atoms with Crippen LogP contribution in [0.1, 0.15) is 54.9 Å². The number of hydrogen-bond acceptors (Lipinski definition) is 1. The van der Waals surface area contributed by atoms with Crippen molar-refractivity contribution in [3.63, 3.8) is 0 Å². The second kappa shape index (κ2) is 7.47. The van der Waals surface area contributed by atoms with Crippen LogP contribution in [0.5, 0.6) is 0 Å². The maximum atomic E-state index is 4.86. The smallest absolute Gasteiger partial charge is 0.0426 e. The quantitative estimate of drug-likeness (QED) is 0.558. The molecule has 0 rings (SSSR count). The predicted octanol–water partition coefficient (Wildman–Crippen LogP) is 5.25. The molecule has 0 saturated heterocycles. The van der Waals surface area contributed by atoms with Crippen LogP contribution in [0.2, 0.25) is 0 Å². The van der Waals surface area contributed by atoms with Crippen LogP contribution in [0.3, 0.4) is 0 Å². The number of hydrogen-bond donors (Lipinski definition) is 0. The lowest BCUT2D eigenvalue weighted by molar-refractivity contribution is 0.658. The number of rotatable bonds is 6. The topological polar surface area (TPSA) is 12.4 Å². The summed E-state index contributed by atoms with van der Waals surface area (Å²) in [5.74, 6) is 1.48. The molecular weight excluding hydrogens is 206 g/mol. The van der Waals surface area contributed by atoms with E-state index in [-0.39, 0.29) is 0 Å². The van der Waals surface area contributed by atoms with E-state index in [4.69, 9.17) is 4.99 Å². The highest BCUT2D eigenvalue weighted by Crippen LogP contribution is 2.25. The van der Waals surface area contributed by atoms with E-state index in [9.17, 15) is 0 Å². The van der Waals surface area contributed by atoms with Gasteiger partial charge in [0, 0.05) is 11.4 Å². The molecule has 0 aromatic carbocycles. The lowest BCUT2D eigenvalue weighted by atomic mass is 9.93. The first kappa shape index (κ1) is 16.1. The fraction of sp³-hybridized carbons (Fsp3) is 0.688. The van der Waals surface area contributed by atoms with Crippen LogP contribution in [-0.4, -0.2) is 5.71 Å². The first-order valence-electron chi connectivity index (χ1n) is 6.78. The zero-order valence-electron chi connectivity index (χ0n) is 12.7. The van der Waals surface area contributed by atoms with Crippen molar-refractivity contribution in [1.29, 1.82) is 0 Å². The summed E-state index contributed by atoms with van der Waals surface area (Å²) in [5, 5.41) is 0. The molecule has 0 spiro atoms. The highest BCUT2D eigenvalue weighted by molar-refractivity contribution is 5.96. The fourth-order valence-corrected chi connectivity index (χ4v) is 2.01. The molecule has 1 heteroatoms. The van der Waals surface area contributed by atoms with Crippen molar-refractivity contribution in [3.05, 3.63) is 23.9 Å². The Bertz CT molecular complexity index is 303. The van der Waals surface area contributed by atoms with Gasteiger partial charge in [0.15, 0.2) is 0 Å². The molecule has 0 aromatic heterocycles. The first-order chi connectivity index (χ1) is 7.84. The number of allylic oxidation sites excluding steroid dienone is 3. The maximum Gasteiger partial charge on any atom is 0.0426 e. The minimum atomic E-state index is 0.437. The molecule has 0 fully saturated rings. The molecule has 0 unspecified atom stereocenters. The Morgan fingerprint density at radius 1 is 1.00 bits per heavy atom. The van der Waals surface area contributed by atoms with E-state index in [0.29, 0.717) is 17.8 Å². The molecule has 0 bridgehead atoms. The second-order valence-corrected chi connectivity index (χ2v) is 5.47.